The predicted molar refractivity (Wildman–Crippen MR) is 90.4 cm³/mol. The molecule has 0 saturated carbocycles. The molecule has 0 spiro atoms. The van der Waals surface area contributed by atoms with E-state index in [2.05, 4.69) is 0 Å². The monoisotopic (exact) mass is 345 g/mol. The van der Waals surface area contributed by atoms with Crippen LogP contribution in [0.1, 0.15) is 12.5 Å². The molecular weight excluding hydrogens is 329 g/mol. The van der Waals surface area contributed by atoms with E-state index in [0.717, 1.165) is 36.2 Å². The predicted octanol–water partition coefficient (Wildman–Crippen LogP) is 3.07. The highest BCUT2D eigenvalue weighted by atomic mass is 32.2. The molecule has 0 amide bonds. The van der Waals surface area contributed by atoms with E-state index in [1.807, 2.05) is 19.1 Å². The molecule has 0 N–H and O–H groups in total. The molecule has 24 heavy (non-hydrogen) atoms. The molecule has 124 valence electrons. The van der Waals surface area contributed by atoms with E-state index in [4.69, 9.17) is 0 Å². The summed E-state index contributed by atoms with van der Waals surface area (Å²) in [5.41, 5.74) is 1.08. The summed E-state index contributed by atoms with van der Waals surface area (Å²) in [6.07, 6.45) is 2.06. The van der Waals surface area contributed by atoms with Crippen LogP contribution in [0.3, 0.4) is 0 Å². The lowest BCUT2D eigenvalue weighted by Crippen LogP contribution is -2.18. The van der Waals surface area contributed by atoms with Crippen LogP contribution in [0.5, 0.6) is 0 Å². The Morgan fingerprint density at radius 3 is 2.38 bits per heavy atom. The average Bonchev–Trinajstić information content (AvgIpc) is 2.57. The van der Waals surface area contributed by atoms with Crippen molar-refractivity contribution in [3.05, 3.63) is 70.3 Å². The van der Waals surface area contributed by atoms with E-state index >= 15 is 0 Å². The Morgan fingerprint density at radius 1 is 1.08 bits per heavy atom. The highest BCUT2D eigenvalue weighted by molar-refractivity contribution is 7.91. The van der Waals surface area contributed by atoms with Gasteiger partial charge in [0.25, 0.3) is 0 Å². The number of aryl methyl sites for hydroxylation is 2. The summed E-state index contributed by atoms with van der Waals surface area (Å²) < 4.78 is 40.2. The molecule has 6 heteroatoms. The van der Waals surface area contributed by atoms with Crippen molar-refractivity contribution in [2.45, 2.75) is 23.1 Å². The summed E-state index contributed by atoms with van der Waals surface area (Å²) in [6.45, 7) is 1.96. The number of hydrogen-bond acceptors (Lipinski definition) is 3. The average molecular weight is 345 g/mol. The summed E-state index contributed by atoms with van der Waals surface area (Å²) in [6, 6.07) is 9.90. The van der Waals surface area contributed by atoms with Gasteiger partial charge in [-0.25, -0.2) is 12.8 Å². The summed E-state index contributed by atoms with van der Waals surface area (Å²) in [7, 11) is -2.33. The lowest BCUT2D eigenvalue weighted by atomic mass is 10.1. The molecular formula is C18H16FNO3S. The van der Waals surface area contributed by atoms with Gasteiger partial charge in [-0.2, -0.15) is 0 Å². The number of rotatable bonds is 3. The van der Waals surface area contributed by atoms with E-state index in [-0.39, 0.29) is 9.79 Å². The van der Waals surface area contributed by atoms with Crippen LogP contribution in [0.4, 0.5) is 4.39 Å². The molecule has 1 aromatic heterocycles. The molecule has 0 fully saturated rings. The highest BCUT2D eigenvalue weighted by Gasteiger charge is 2.23. The molecule has 0 aliphatic heterocycles. The van der Waals surface area contributed by atoms with Crippen LogP contribution in [-0.2, 0) is 23.3 Å². The smallest absolute Gasteiger partial charge is 0.211 e. The number of hydrogen-bond donors (Lipinski definition) is 0. The van der Waals surface area contributed by atoms with Crippen LogP contribution < -0.4 is 5.43 Å². The van der Waals surface area contributed by atoms with Gasteiger partial charge in [-0.1, -0.05) is 13.0 Å². The second kappa shape index (κ2) is 5.87. The lowest BCUT2D eigenvalue weighted by Gasteiger charge is -2.11. The van der Waals surface area contributed by atoms with Crippen molar-refractivity contribution in [3.8, 4) is 0 Å². The van der Waals surface area contributed by atoms with Gasteiger partial charge in [0.2, 0.25) is 15.3 Å². The Labute approximate surface area is 139 Å². The number of pyridine rings is 1. The van der Waals surface area contributed by atoms with E-state index in [1.54, 1.807) is 17.7 Å². The Kier molecular flexibility index (Phi) is 4.01. The van der Waals surface area contributed by atoms with E-state index in [1.165, 1.54) is 6.20 Å². The maximum Gasteiger partial charge on any atom is 0.211 e. The van der Waals surface area contributed by atoms with Crippen molar-refractivity contribution in [1.29, 1.82) is 0 Å². The molecule has 0 aliphatic rings. The van der Waals surface area contributed by atoms with Crippen LogP contribution in [0.2, 0.25) is 0 Å². The third kappa shape index (κ3) is 2.63. The quantitative estimate of drug-likeness (QED) is 0.686. The maximum absolute atomic E-state index is 13.1. The first-order valence-electron chi connectivity index (χ1n) is 7.47. The van der Waals surface area contributed by atoms with Gasteiger partial charge in [0, 0.05) is 18.6 Å². The zero-order valence-electron chi connectivity index (χ0n) is 13.3. The fourth-order valence-corrected chi connectivity index (χ4v) is 4.06. The highest BCUT2D eigenvalue weighted by Crippen LogP contribution is 2.21. The van der Waals surface area contributed by atoms with Crippen molar-refractivity contribution < 1.29 is 12.8 Å². The first-order valence-corrected chi connectivity index (χ1v) is 8.96. The summed E-state index contributed by atoms with van der Waals surface area (Å²) in [5, 5.41) is 0.361. The Morgan fingerprint density at radius 2 is 1.75 bits per heavy atom. The fourth-order valence-electron chi connectivity index (χ4n) is 2.66. The van der Waals surface area contributed by atoms with Gasteiger partial charge in [-0.15, -0.1) is 0 Å². The number of aromatic nitrogens is 1. The Bertz CT molecular complexity index is 1080. The van der Waals surface area contributed by atoms with E-state index in [9.17, 15) is 17.6 Å². The zero-order chi connectivity index (χ0) is 17.5. The van der Waals surface area contributed by atoms with E-state index < -0.39 is 21.1 Å². The number of benzene rings is 2. The molecule has 3 rings (SSSR count). The molecule has 0 aliphatic carbocycles. The van der Waals surface area contributed by atoms with Gasteiger partial charge in [0.15, 0.2) is 0 Å². The molecule has 4 nitrogen and oxygen atoms in total. The number of sulfone groups is 1. The number of fused-ring (bicyclic) bond motifs is 1. The molecule has 0 bridgehead atoms. The largest absolute Gasteiger partial charge is 0.349 e. The van der Waals surface area contributed by atoms with Gasteiger partial charge in [-0.05, 0) is 48.4 Å². The van der Waals surface area contributed by atoms with Gasteiger partial charge >= 0.3 is 0 Å². The molecule has 2 aromatic carbocycles. The molecule has 0 atom stereocenters. The molecule has 0 radical (unpaired) electrons. The van der Waals surface area contributed by atoms with Crippen LogP contribution in [0.25, 0.3) is 10.9 Å². The second-order valence-corrected chi connectivity index (χ2v) is 7.51. The van der Waals surface area contributed by atoms with Crippen molar-refractivity contribution in [3.63, 3.8) is 0 Å². The van der Waals surface area contributed by atoms with Crippen LogP contribution in [-0.4, -0.2) is 13.0 Å². The topological polar surface area (TPSA) is 56.1 Å². The second-order valence-electron chi connectivity index (χ2n) is 5.60. The Hall–Kier alpha value is -2.47. The van der Waals surface area contributed by atoms with Gasteiger partial charge in [0.05, 0.1) is 10.4 Å². The van der Waals surface area contributed by atoms with Crippen LogP contribution in [0, 0.1) is 5.82 Å². The van der Waals surface area contributed by atoms with Crippen molar-refractivity contribution in [2.75, 3.05) is 0 Å². The van der Waals surface area contributed by atoms with Gasteiger partial charge in [0.1, 0.15) is 10.7 Å². The standard InChI is InChI=1S/C18H16FNO3S/c1-3-12-4-9-16-15(10-12)18(21)17(11-20(16)2)24(22,23)14-7-5-13(19)6-8-14/h4-11H,3H2,1-2H3. The lowest BCUT2D eigenvalue weighted by molar-refractivity contribution is 0.593. The van der Waals surface area contributed by atoms with E-state index in [0.29, 0.717) is 10.9 Å². The minimum atomic E-state index is -4.02. The molecule has 1 heterocycles. The van der Waals surface area contributed by atoms with Crippen LogP contribution >= 0.6 is 0 Å². The van der Waals surface area contributed by atoms with Crippen molar-refractivity contribution in [1.82, 2.24) is 4.57 Å². The van der Waals surface area contributed by atoms with Crippen molar-refractivity contribution >= 4 is 20.7 Å². The minimum absolute atomic E-state index is 0.105. The summed E-state index contributed by atoms with van der Waals surface area (Å²) in [5.74, 6) is -0.534. The third-order valence-corrected chi connectivity index (χ3v) is 5.80. The summed E-state index contributed by atoms with van der Waals surface area (Å²) in [4.78, 5) is 12.4. The number of nitrogens with zero attached hydrogens (tertiary/aromatic N) is 1. The summed E-state index contributed by atoms with van der Waals surface area (Å²) >= 11 is 0. The fraction of sp³-hybridized carbons (Fsp3) is 0.167. The minimum Gasteiger partial charge on any atom is -0.349 e. The van der Waals surface area contributed by atoms with Crippen molar-refractivity contribution in [2.24, 2.45) is 7.05 Å². The number of halogens is 1. The first-order chi connectivity index (χ1) is 11.3. The normalized spacial score (nSPS) is 11.8. The first kappa shape index (κ1) is 16.4. The molecule has 0 unspecified atom stereocenters. The van der Waals surface area contributed by atoms with Gasteiger partial charge in [-0.3, -0.25) is 4.79 Å². The van der Waals surface area contributed by atoms with Gasteiger partial charge < -0.3 is 4.57 Å². The SMILES string of the molecule is CCc1ccc2c(c1)c(=O)c(S(=O)(=O)c1ccc(F)cc1)cn2C. The van der Waals surface area contributed by atoms with Crippen LogP contribution in [0.15, 0.2) is 63.2 Å². The Balaban J connectivity index is 2.32. The third-order valence-electron chi connectivity index (χ3n) is 4.04. The molecule has 3 aromatic rings. The zero-order valence-corrected chi connectivity index (χ0v) is 14.1. The molecule has 0 saturated heterocycles. The maximum atomic E-state index is 13.1.